The fourth-order valence-corrected chi connectivity index (χ4v) is 2.95. The van der Waals surface area contributed by atoms with Crippen molar-refractivity contribution in [3.63, 3.8) is 0 Å². The molecule has 0 saturated carbocycles. The van der Waals surface area contributed by atoms with Gasteiger partial charge in [0.15, 0.2) is 5.84 Å². The molecule has 1 aliphatic heterocycles. The monoisotopic (exact) mass is 327 g/mol. The summed E-state index contributed by atoms with van der Waals surface area (Å²) in [5, 5.41) is 21.5. The van der Waals surface area contributed by atoms with Crippen LogP contribution in [0.25, 0.3) is 0 Å². The highest BCUT2D eigenvalue weighted by molar-refractivity contribution is 9.10. The van der Waals surface area contributed by atoms with E-state index in [-0.39, 0.29) is 18.5 Å². The molecule has 19 heavy (non-hydrogen) atoms. The first-order chi connectivity index (χ1) is 9.08. The predicted octanol–water partition coefficient (Wildman–Crippen LogP) is 1.75. The molecule has 104 valence electrons. The van der Waals surface area contributed by atoms with Crippen LogP contribution in [0.15, 0.2) is 27.8 Å². The van der Waals surface area contributed by atoms with Crippen molar-refractivity contribution in [1.82, 2.24) is 0 Å². The predicted molar refractivity (Wildman–Crippen MR) is 78.7 cm³/mol. The highest BCUT2D eigenvalue weighted by atomic mass is 79.9. The molecule has 1 fully saturated rings. The molecule has 0 radical (unpaired) electrons. The SMILES string of the molecule is CC1CCN(c2cc(Br)ccc2/C(N)=N/O)C1CO. The van der Waals surface area contributed by atoms with Gasteiger partial charge in [0.25, 0.3) is 0 Å². The van der Waals surface area contributed by atoms with Crippen LogP contribution in [0.2, 0.25) is 0 Å². The van der Waals surface area contributed by atoms with E-state index in [0.29, 0.717) is 11.5 Å². The molecule has 5 nitrogen and oxygen atoms in total. The van der Waals surface area contributed by atoms with Crippen LogP contribution in [-0.2, 0) is 0 Å². The molecule has 6 heteroatoms. The van der Waals surface area contributed by atoms with Crippen molar-refractivity contribution in [2.75, 3.05) is 18.1 Å². The first-order valence-corrected chi connectivity index (χ1v) is 7.02. The van der Waals surface area contributed by atoms with E-state index in [1.54, 1.807) is 0 Å². The Morgan fingerprint density at radius 3 is 2.95 bits per heavy atom. The molecule has 0 bridgehead atoms. The first kappa shape index (κ1) is 14.1. The van der Waals surface area contributed by atoms with Crippen molar-refractivity contribution in [2.45, 2.75) is 19.4 Å². The topological polar surface area (TPSA) is 82.1 Å². The molecule has 1 heterocycles. The molecule has 2 unspecified atom stereocenters. The van der Waals surface area contributed by atoms with E-state index >= 15 is 0 Å². The quantitative estimate of drug-likeness (QED) is 0.342. The minimum absolute atomic E-state index is 0.0690. The normalized spacial score (nSPS) is 23.9. The van der Waals surface area contributed by atoms with E-state index in [1.165, 1.54) is 0 Å². The lowest BCUT2D eigenvalue weighted by atomic mass is 10.0. The number of nitrogens with zero attached hydrogens (tertiary/aromatic N) is 2. The molecule has 0 amide bonds. The molecule has 2 atom stereocenters. The standard InChI is InChI=1S/C13H18BrN3O2/c1-8-4-5-17(12(8)7-18)11-6-9(14)2-3-10(11)13(15)16-19/h2-3,6,8,12,18-19H,4-5,7H2,1H3,(H2,15,16). The number of rotatable bonds is 3. The summed E-state index contributed by atoms with van der Waals surface area (Å²) in [6.07, 6.45) is 1.02. The van der Waals surface area contributed by atoms with E-state index in [2.05, 4.69) is 32.9 Å². The Hall–Kier alpha value is -1.27. The van der Waals surface area contributed by atoms with E-state index in [9.17, 15) is 5.11 Å². The number of nitrogens with two attached hydrogens (primary N) is 1. The fraction of sp³-hybridized carbons (Fsp3) is 0.462. The number of amidine groups is 1. The minimum Gasteiger partial charge on any atom is -0.409 e. The number of halogens is 1. The molecular formula is C13H18BrN3O2. The third-order valence-electron chi connectivity index (χ3n) is 3.72. The molecule has 0 aliphatic carbocycles. The number of oxime groups is 1. The van der Waals surface area contributed by atoms with Gasteiger partial charge in [0.1, 0.15) is 0 Å². The number of hydrogen-bond donors (Lipinski definition) is 3. The van der Waals surface area contributed by atoms with Gasteiger partial charge in [-0.25, -0.2) is 0 Å². The Morgan fingerprint density at radius 1 is 1.58 bits per heavy atom. The number of aliphatic hydroxyl groups is 1. The zero-order chi connectivity index (χ0) is 14.0. The van der Waals surface area contributed by atoms with Crippen LogP contribution >= 0.6 is 15.9 Å². The average Bonchev–Trinajstić information content (AvgIpc) is 2.78. The van der Waals surface area contributed by atoms with Crippen LogP contribution in [0.3, 0.4) is 0 Å². The highest BCUT2D eigenvalue weighted by Crippen LogP contribution is 2.33. The summed E-state index contributed by atoms with van der Waals surface area (Å²) in [4.78, 5) is 2.13. The van der Waals surface area contributed by atoms with Gasteiger partial charge in [-0.1, -0.05) is 28.0 Å². The van der Waals surface area contributed by atoms with Gasteiger partial charge in [-0.2, -0.15) is 0 Å². The van der Waals surface area contributed by atoms with Crippen molar-refractivity contribution in [2.24, 2.45) is 16.8 Å². The van der Waals surface area contributed by atoms with Gasteiger partial charge in [-0.3, -0.25) is 0 Å². The van der Waals surface area contributed by atoms with E-state index < -0.39 is 0 Å². The molecule has 2 rings (SSSR count). The zero-order valence-corrected chi connectivity index (χ0v) is 12.3. The van der Waals surface area contributed by atoms with Crippen molar-refractivity contribution in [3.05, 3.63) is 28.2 Å². The maximum Gasteiger partial charge on any atom is 0.172 e. The maximum absolute atomic E-state index is 9.56. The molecule has 1 aliphatic rings. The summed E-state index contributed by atoms with van der Waals surface area (Å²) < 4.78 is 0.924. The van der Waals surface area contributed by atoms with Crippen LogP contribution < -0.4 is 10.6 Å². The summed E-state index contributed by atoms with van der Waals surface area (Å²) in [6.45, 7) is 3.08. The number of aliphatic hydroxyl groups excluding tert-OH is 1. The largest absolute Gasteiger partial charge is 0.409 e. The highest BCUT2D eigenvalue weighted by Gasteiger charge is 2.32. The van der Waals surface area contributed by atoms with E-state index in [1.807, 2.05) is 18.2 Å². The van der Waals surface area contributed by atoms with Gasteiger partial charge in [0.05, 0.1) is 12.6 Å². The second-order valence-electron chi connectivity index (χ2n) is 4.86. The average molecular weight is 328 g/mol. The third kappa shape index (κ3) is 2.69. The van der Waals surface area contributed by atoms with Crippen molar-refractivity contribution < 1.29 is 10.3 Å². The fourth-order valence-electron chi connectivity index (χ4n) is 2.60. The van der Waals surface area contributed by atoms with Crippen LogP contribution in [0.5, 0.6) is 0 Å². The Labute approximate surface area is 120 Å². The van der Waals surface area contributed by atoms with Crippen molar-refractivity contribution in [3.8, 4) is 0 Å². The van der Waals surface area contributed by atoms with Crippen LogP contribution in [0.4, 0.5) is 5.69 Å². The van der Waals surface area contributed by atoms with Crippen LogP contribution in [0, 0.1) is 5.92 Å². The van der Waals surface area contributed by atoms with Gasteiger partial charge in [0.2, 0.25) is 0 Å². The number of benzene rings is 1. The van der Waals surface area contributed by atoms with Gasteiger partial charge in [0, 0.05) is 22.3 Å². The Kier molecular flexibility index (Phi) is 4.31. The molecule has 0 aromatic heterocycles. The summed E-state index contributed by atoms with van der Waals surface area (Å²) in [5.74, 6) is 0.503. The summed E-state index contributed by atoms with van der Waals surface area (Å²) in [7, 11) is 0. The smallest absolute Gasteiger partial charge is 0.172 e. The molecule has 4 N–H and O–H groups in total. The van der Waals surface area contributed by atoms with Gasteiger partial charge >= 0.3 is 0 Å². The van der Waals surface area contributed by atoms with Crippen LogP contribution in [0.1, 0.15) is 18.9 Å². The molecule has 0 spiro atoms. The summed E-state index contributed by atoms with van der Waals surface area (Å²) >= 11 is 3.44. The minimum atomic E-state index is 0.0690. The molecular weight excluding hydrogens is 310 g/mol. The Balaban J connectivity index is 2.46. The molecule has 1 aromatic rings. The molecule has 1 aromatic carbocycles. The van der Waals surface area contributed by atoms with E-state index in [0.717, 1.165) is 23.1 Å². The van der Waals surface area contributed by atoms with Crippen molar-refractivity contribution in [1.29, 1.82) is 0 Å². The summed E-state index contributed by atoms with van der Waals surface area (Å²) in [6, 6.07) is 5.67. The Bertz CT molecular complexity index is 493. The second kappa shape index (κ2) is 5.79. The van der Waals surface area contributed by atoms with E-state index in [4.69, 9.17) is 10.9 Å². The maximum atomic E-state index is 9.56. The Morgan fingerprint density at radius 2 is 2.32 bits per heavy atom. The van der Waals surface area contributed by atoms with Gasteiger partial charge in [-0.05, 0) is 30.5 Å². The number of anilines is 1. The van der Waals surface area contributed by atoms with Crippen LogP contribution in [-0.4, -0.2) is 35.3 Å². The lowest BCUT2D eigenvalue weighted by Gasteiger charge is -2.29. The first-order valence-electron chi connectivity index (χ1n) is 6.23. The second-order valence-corrected chi connectivity index (χ2v) is 5.77. The van der Waals surface area contributed by atoms with Gasteiger partial charge < -0.3 is 20.9 Å². The lowest BCUT2D eigenvalue weighted by molar-refractivity contribution is 0.244. The van der Waals surface area contributed by atoms with Crippen molar-refractivity contribution >= 4 is 27.5 Å². The third-order valence-corrected chi connectivity index (χ3v) is 4.22. The van der Waals surface area contributed by atoms with Gasteiger partial charge in [-0.15, -0.1) is 0 Å². The number of hydrogen-bond acceptors (Lipinski definition) is 4. The zero-order valence-electron chi connectivity index (χ0n) is 10.8. The molecule has 1 saturated heterocycles. The lowest BCUT2D eigenvalue weighted by Crippen LogP contribution is -2.36. The summed E-state index contributed by atoms with van der Waals surface area (Å²) in [5.41, 5.74) is 7.29.